The summed E-state index contributed by atoms with van der Waals surface area (Å²) < 4.78 is 10.6. The molecule has 1 heterocycles. The Morgan fingerprint density at radius 2 is 1.79 bits per heavy atom. The predicted molar refractivity (Wildman–Crippen MR) is 90.9 cm³/mol. The molecule has 1 unspecified atom stereocenters. The molecule has 1 aliphatic heterocycles. The average molecular weight is 329 g/mol. The molecule has 5 heteroatoms. The van der Waals surface area contributed by atoms with Crippen LogP contribution in [0.1, 0.15) is 23.7 Å². The smallest absolute Gasteiger partial charge is 0.231 e. The van der Waals surface area contributed by atoms with Gasteiger partial charge in [-0.05, 0) is 29.7 Å². The van der Waals surface area contributed by atoms with E-state index in [9.17, 15) is 10.2 Å². The molecule has 1 atom stereocenters. The van der Waals surface area contributed by atoms with Crippen LogP contribution in [0.25, 0.3) is 0 Å². The van der Waals surface area contributed by atoms with Gasteiger partial charge in [0.15, 0.2) is 11.5 Å². The summed E-state index contributed by atoms with van der Waals surface area (Å²) in [6, 6.07) is 15.7. The zero-order valence-electron chi connectivity index (χ0n) is 13.6. The lowest BCUT2D eigenvalue weighted by molar-refractivity contribution is 0.127. The maximum Gasteiger partial charge on any atom is 0.231 e. The van der Waals surface area contributed by atoms with Crippen molar-refractivity contribution in [3.8, 4) is 11.5 Å². The third-order valence-corrected chi connectivity index (χ3v) is 4.17. The van der Waals surface area contributed by atoms with Crippen molar-refractivity contribution < 1.29 is 19.7 Å². The molecule has 5 nitrogen and oxygen atoms in total. The van der Waals surface area contributed by atoms with Crippen molar-refractivity contribution in [2.75, 3.05) is 26.5 Å². The molecule has 0 saturated carbocycles. The maximum atomic E-state index is 10.4. The number of rotatable bonds is 8. The van der Waals surface area contributed by atoms with Crippen molar-refractivity contribution in [1.82, 2.24) is 4.90 Å². The number of hydrogen-bond donors (Lipinski definition) is 2. The summed E-state index contributed by atoms with van der Waals surface area (Å²) in [6.45, 7) is 2.38. The lowest BCUT2D eigenvalue weighted by atomic mass is 10.1. The molecule has 24 heavy (non-hydrogen) atoms. The first-order valence-corrected chi connectivity index (χ1v) is 8.21. The van der Waals surface area contributed by atoms with Crippen molar-refractivity contribution in [3.05, 3.63) is 59.7 Å². The quantitative estimate of drug-likeness (QED) is 0.778. The fourth-order valence-corrected chi connectivity index (χ4v) is 2.84. The second-order valence-electron chi connectivity index (χ2n) is 5.90. The van der Waals surface area contributed by atoms with Gasteiger partial charge in [-0.3, -0.25) is 4.90 Å². The Morgan fingerprint density at radius 1 is 1.00 bits per heavy atom. The lowest BCUT2D eigenvalue weighted by Crippen LogP contribution is -2.28. The minimum atomic E-state index is -0.573. The number of fused-ring (bicyclic) bond motifs is 1. The fourth-order valence-electron chi connectivity index (χ4n) is 2.84. The number of benzene rings is 2. The van der Waals surface area contributed by atoms with Gasteiger partial charge in [-0.25, -0.2) is 0 Å². The summed E-state index contributed by atoms with van der Waals surface area (Å²) in [5.74, 6) is 1.40. The highest BCUT2D eigenvalue weighted by Crippen LogP contribution is 2.34. The van der Waals surface area contributed by atoms with Crippen LogP contribution in [-0.4, -0.2) is 41.6 Å². The molecule has 2 aromatic carbocycles. The highest BCUT2D eigenvalue weighted by Gasteiger charge is 2.17. The molecular formula is C19H23NO4. The van der Waals surface area contributed by atoms with E-state index in [0.29, 0.717) is 25.3 Å². The highest BCUT2D eigenvalue weighted by atomic mass is 16.7. The number of hydrogen-bond acceptors (Lipinski definition) is 5. The van der Waals surface area contributed by atoms with Crippen LogP contribution in [0.15, 0.2) is 48.5 Å². The van der Waals surface area contributed by atoms with Gasteiger partial charge in [-0.1, -0.05) is 36.4 Å². The largest absolute Gasteiger partial charge is 0.454 e. The lowest BCUT2D eigenvalue weighted by Gasteiger charge is -2.23. The first-order chi connectivity index (χ1) is 11.8. The molecule has 0 saturated heterocycles. The molecule has 0 amide bonds. The van der Waals surface area contributed by atoms with Crippen molar-refractivity contribution in [2.45, 2.75) is 19.1 Å². The van der Waals surface area contributed by atoms with E-state index in [4.69, 9.17) is 9.47 Å². The van der Waals surface area contributed by atoms with Crippen LogP contribution in [0.5, 0.6) is 11.5 Å². The number of nitrogens with zero attached hydrogens (tertiary/aromatic N) is 1. The molecule has 128 valence electrons. The fraction of sp³-hybridized carbons (Fsp3) is 0.368. The molecule has 0 spiro atoms. The standard InChI is InChI=1S/C19H23NO4/c21-11-10-20(13-15-4-2-1-3-5-15)9-8-17(22)16-6-7-18-19(12-16)24-14-23-18/h1-7,12,17,21-22H,8-11,13-14H2. The van der Waals surface area contributed by atoms with Crippen molar-refractivity contribution in [3.63, 3.8) is 0 Å². The topological polar surface area (TPSA) is 62.2 Å². The predicted octanol–water partition coefficient (Wildman–Crippen LogP) is 2.33. The Balaban J connectivity index is 1.57. The average Bonchev–Trinajstić information content (AvgIpc) is 3.08. The Kier molecular flexibility index (Phi) is 5.69. The molecule has 1 aliphatic rings. The number of aliphatic hydroxyl groups excluding tert-OH is 2. The van der Waals surface area contributed by atoms with E-state index < -0.39 is 6.10 Å². The molecule has 2 aromatic rings. The van der Waals surface area contributed by atoms with Gasteiger partial charge in [-0.2, -0.15) is 0 Å². The molecule has 0 fully saturated rings. The monoisotopic (exact) mass is 329 g/mol. The zero-order chi connectivity index (χ0) is 16.8. The van der Waals surface area contributed by atoms with Crippen molar-refractivity contribution in [2.24, 2.45) is 0 Å². The Labute approximate surface area is 142 Å². The normalized spacial score (nSPS) is 14.1. The van der Waals surface area contributed by atoms with Crippen LogP contribution in [0.4, 0.5) is 0 Å². The van der Waals surface area contributed by atoms with Crippen LogP contribution in [0.3, 0.4) is 0 Å². The van der Waals surface area contributed by atoms with Gasteiger partial charge in [0.2, 0.25) is 6.79 Å². The summed E-state index contributed by atoms with van der Waals surface area (Å²) in [5.41, 5.74) is 2.02. The van der Waals surface area contributed by atoms with E-state index in [1.807, 2.05) is 36.4 Å². The van der Waals surface area contributed by atoms with Crippen molar-refractivity contribution in [1.29, 1.82) is 0 Å². The van der Waals surface area contributed by atoms with Gasteiger partial charge in [0.1, 0.15) is 0 Å². The van der Waals surface area contributed by atoms with E-state index >= 15 is 0 Å². The minimum Gasteiger partial charge on any atom is -0.454 e. The summed E-state index contributed by atoms with van der Waals surface area (Å²) in [5, 5.41) is 19.7. The van der Waals surface area contributed by atoms with E-state index in [2.05, 4.69) is 17.0 Å². The number of ether oxygens (including phenoxy) is 2. The third-order valence-electron chi connectivity index (χ3n) is 4.17. The van der Waals surface area contributed by atoms with Crippen molar-refractivity contribution >= 4 is 0 Å². The molecule has 0 radical (unpaired) electrons. The van der Waals surface area contributed by atoms with E-state index in [1.165, 1.54) is 5.56 Å². The first kappa shape index (κ1) is 16.8. The second kappa shape index (κ2) is 8.15. The van der Waals surface area contributed by atoms with Gasteiger partial charge in [0.05, 0.1) is 12.7 Å². The SMILES string of the molecule is OCCN(CCC(O)c1ccc2c(c1)OCO2)Cc1ccccc1. The van der Waals surface area contributed by atoms with E-state index in [-0.39, 0.29) is 13.4 Å². The van der Waals surface area contributed by atoms with E-state index in [1.54, 1.807) is 0 Å². The third kappa shape index (κ3) is 4.26. The Bertz CT molecular complexity index is 647. The molecule has 0 aromatic heterocycles. The van der Waals surface area contributed by atoms with Crippen LogP contribution >= 0.6 is 0 Å². The van der Waals surface area contributed by atoms with Crippen LogP contribution in [0.2, 0.25) is 0 Å². The van der Waals surface area contributed by atoms with Crippen LogP contribution < -0.4 is 9.47 Å². The molecule has 2 N–H and O–H groups in total. The summed E-state index contributed by atoms with van der Waals surface area (Å²) in [6.07, 6.45) is 0.0170. The second-order valence-corrected chi connectivity index (χ2v) is 5.90. The Morgan fingerprint density at radius 3 is 2.58 bits per heavy atom. The summed E-state index contributed by atoms with van der Waals surface area (Å²) in [7, 11) is 0. The number of aliphatic hydroxyl groups is 2. The Hall–Kier alpha value is -2.08. The maximum absolute atomic E-state index is 10.4. The van der Waals surface area contributed by atoms with Gasteiger partial charge in [-0.15, -0.1) is 0 Å². The van der Waals surface area contributed by atoms with Gasteiger partial charge >= 0.3 is 0 Å². The molecule has 0 aliphatic carbocycles. The molecular weight excluding hydrogens is 306 g/mol. The van der Waals surface area contributed by atoms with Gasteiger partial charge < -0.3 is 19.7 Å². The van der Waals surface area contributed by atoms with Gasteiger partial charge in [0, 0.05) is 19.6 Å². The molecule has 0 bridgehead atoms. The van der Waals surface area contributed by atoms with Crippen LogP contribution in [-0.2, 0) is 6.54 Å². The highest BCUT2D eigenvalue weighted by molar-refractivity contribution is 5.45. The molecule has 3 rings (SSSR count). The minimum absolute atomic E-state index is 0.104. The van der Waals surface area contributed by atoms with Crippen LogP contribution in [0, 0.1) is 0 Å². The summed E-state index contributed by atoms with van der Waals surface area (Å²) >= 11 is 0. The zero-order valence-corrected chi connectivity index (χ0v) is 13.6. The summed E-state index contributed by atoms with van der Waals surface area (Å²) in [4.78, 5) is 2.14. The first-order valence-electron chi connectivity index (χ1n) is 8.21. The van der Waals surface area contributed by atoms with Gasteiger partial charge in [0.25, 0.3) is 0 Å². The van der Waals surface area contributed by atoms with E-state index in [0.717, 1.165) is 17.9 Å².